The summed E-state index contributed by atoms with van der Waals surface area (Å²) < 4.78 is 12.5. The molecule has 0 radical (unpaired) electrons. The van der Waals surface area contributed by atoms with E-state index in [2.05, 4.69) is 31.9 Å². The number of piperidine rings is 1. The van der Waals surface area contributed by atoms with E-state index in [0.29, 0.717) is 66.4 Å². The number of aromatic amines is 1. The Morgan fingerprint density at radius 2 is 1.75 bits per heavy atom. The second kappa shape index (κ2) is 17.6. The number of aliphatic hydroxyl groups excluding tert-OH is 1. The van der Waals surface area contributed by atoms with E-state index >= 15 is 0 Å². The van der Waals surface area contributed by atoms with Crippen LogP contribution in [0.5, 0.6) is 11.5 Å². The number of aromatic hydroxyl groups is 1. The molecule has 12 nitrogen and oxygen atoms in total. The van der Waals surface area contributed by atoms with Gasteiger partial charge in [0.15, 0.2) is 0 Å². The first-order valence-corrected chi connectivity index (χ1v) is 19.5. The van der Waals surface area contributed by atoms with Gasteiger partial charge in [-0.1, -0.05) is 66.2 Å². The molecule has 290 valence electrons. The maximum absolute atomic E-state index is 13.1. The highest BCUT2D eigenvalue weighted by atomic mass is 35.5. The van der Waals surface area contributed by atoms with Gasteiger partial charge in [-0.2, -0.15) is 0 Å². The van der Waals surface area contributed by atoms with E-state index in [4.69, 9.17) is 21.1 Å². The van der Waals surface area contributed by atoms with Gasteiger partial charge in [0.2, 0.25) is 11.5 Å². The Balaban J connectivity index is 0.866. The van der Waals surface area contributed by atoms with Gasteiger partial charge in [-0.3, -0.25) is 14.9 Å². The van der Waals surface area contributed by atoms with Crippen LogP contribution in [0.4, 0.5) is 15.5 Å². The van der Waals surface area contributed by atoms with Crippen LogP contribution in [0.25, 0.3) is 32.1 Å². The monoisotopic (exact) mass is 795 g/mol. The molecule has 0 aliphatic carbocycles. The van der Waals surface area contributed by atoms with Crippen molar-refractivity contribution in [2.45, 2.75) is 38.0 Å². The molecule has 14 heteroatoms. The molecule has 0 bridgehead atoms. The van der Waals surface area contributed by atoms with Crippen molar-refractivity contribution in [1.29, 1.82) is 0 Å². The molecule has 2 amide bonds. The molecule has 3 heterocycles. The largest absolute Gasteiger partial charge is 0.506 e. The summed E-state index contributed by atoms with van der Waals surface area (Å²) in [5.41, 5.74) is 3.62. The topological polar surface area (TPSA) is 165 Å². The number of thiophene rings is 1. The van der Waals surface area contributed by atoms with Crippen molar-refractivity contribution in [3.63, 3.8) is 0 Å². The van der Waals surface area contributed by atoms with E-state index in [1.165, 1.54) is 30.6 Å². The van der Waals surface area contributed by atoms with Crippen LogP contribution >= 0.6 is 22.9 Å². The Hall–Kier alpha value is -5.44. The number of aliphatic hydroxyl groups is 1. The molecule has 0 unspecified atom stereocenters. The van der Waals surface area contributed by atoms with Gasteiger partial charge in [0.25, 0.3) is 0 Å². The van der Waals surface area contributed by atoms with Crippen molar-refractivity contribution in [2.75, 3.05) is 43.9 Å². The van der Waals surface area contributed by atoms with Gasteiger partial charge in [0.1, 0.15) is 22.6 Å². The highest BCUT2D eigenvalue weighted by molar-refractivity contribution is 7.23. The number of H-pyrrole nitrogens is 1. The van der Waals surface area contributed by atoms with E-state index in [-0.39, 0.29) is 41.8 Å². The molecule has 56 heavy (non-hydrogen) atoms. The summed E-state index contributed by atoms with van der Waals surface area (Å²) in [6, 6.07) is 27.4. The molecular formula is C42H42ClN5O7S. The van der Waals surface area contributed by atoms with Crippen LogP contribution in [0.2, 0.25) is 5.02 Å². The molecule has 2 aromatic heterocycles. The second-order valence-corrected chi connectivity index (χ2v) is 15.1. The van der Waals surface area contributed by atoms with E-state index < -0.39 is 12.2 Å². The van der Waals surface area contributed by atoms with Gasteiger partial charge in [-0.05, 0) is 48.2 Å². The van der Waals surface area contributed by atoms with Gasteiger partial charge in [-0.15, -0.1) is 11.3 Å². The van der Waals surface area contributed by atoms with Gasteiger partial charge in [0.05, 0.1) is 29.4 Å². The fourth-order valence-corrected chi connectivity index (χ4v) is 8.39. The van der Waals surface area contributed by atoms with Crippen LogP contribution in [0.3, 0.4) is 0 Å². The zero-order chi connectivity index (χ0) is 39.2. The summed E-state index contributed by atoms with van der Waals surface area (Å²) >= 11 is 8.12. The minimum atomic E-state index is -0.937. The number of pyridine rings is 1. The minimum absolute atomic E-state index is 0.0801. The Labute approximate surface area is 332 Å². The number of likely N-dealkylation sites (tertiary alicyclic amines) is 1. The van der Waals surface area contributed by atoms with Crippen molar-refractivity contribution in [1.82, 2.24) is 15.2 Å². The Morgan fingerprint density at radius 1 is 0.982 bits per heavy atom. The Kier molecular flexibility index (Phi) is 12.2. The van der Waals surface area contributed by atoms with Gasteiger partial charge >= 0.3 is 6.09 Å². The average Bonchev–Trinajstić information content (AvgIpc) is 3.56. The number of halogens is 1. The number of carbonyl (C=O) groups excluding carboxylic acids is 2. The van der Waals surface area contributed by atoms with Crippen LogP contribution in [0, 0.1) is 0 Å². The molecule has 0 saturated carbocycles. The molecule has 1 atom stereocenters. The highest BCUT2D eigenvalue weighted by Gasteiger charge is 2.24. The van der Waals surface area contributed by atoms with Crippen LogP contribution < -0.4 is 26.2 Å². The lowest BCUT2D eigenvalue weighted by Gasteiger charge is -2.31. The molecule has 1 aliphatic rings. The van der Waals surface area contributed by atoms with Crippen molar-refractivity contribution in [2.24, 2.45) is 0 Å². The summed E-state index contributed by atoms with van der Waals surface area (Å²) in [7, 11) is 1.53. The highest BCUT2D eigenvalue weighted by Crippen LogP contribution is 2.43. The Morgan fingerprint density at radius 3 is 2.54 bits per heavy atom. The van der Waals surface area contributed by atoms with Crippen LogP contribution in [0.15, 0.2) is 95.8 Å². The molecule has 6 N–H and O–H groups in total. The lowest BCUT2D eigenvalue weighted by atomic mass is 10.0. The standard InChI is InChI=1S/C42H42ClN5O7S/c1-54-35-22-32(31(43)21-26(35)23-44-24-34(50)28-11-13-33(49)40-29(28)12-14-37(51)46-40)45-38(52)17-20-48-18-15-27(16-19-48)55-42(53)47-41-39(25-7-3-2-4-8-25)30-9-5-6-10-36(30)56-41/h2-14,21-22,27,34,44,49-50H,15-20,23-24H2,1H3,(H,45,52)(H,46,51)(H,47,53)/t34-/m0/s1. The number of methoxy groups -OCH3 is 1. The van der Waals surface area contributed by atoms with E-state index in [0.717, 1.165) is 31.8 Å². The van der Waals surface area contributed by atoms with Crippen LogP contribution in [0.1, 0.15) is 36.5 Å². The number of aromatic nitrogens is 1. The summed E-state index contributed by atoms with van der Waals surface area (Å²) in [4.78, 5) is 42.6. The maximum atomic E-state index is 13.1. The predicted octanol–water partition coefficient (Wildman–Crippen LogP) is 7.64. The molecular weight excluding hydrogens is 754 g/mol. The van der Waals surface area contributed by atoms with Crippen molar-refractivity contribution in [3.05, 3.63) is 117 Å². The minimum Gasteiger partial charge on any atom is -0.506 e. The number of phenolic OH excluding ortho intramolecular Hbond substituents is 1. The van der Waals surface area contributed by atoms with Crippen molar-refractivity contribution >= 4 is 66.6 Å². The van der Waals surface area contributed by atoms with Gasteiger partial charge < -0.3 is 40.2 Å². The quantitative estimate of drug-likeness (QED) is 0.0689. The molecule has 0 spiro atoms. The molecule has 4 aromatic carbocycles. The average molecular weight is 796 g/mol. The van der Waals surface area contributed by atoms with Crippen LogP contribution in [-0.2, 0) is 16.1 Å². The lowest BCUT2D eigenvalue weighted by molar-refractivity contribution is -0.116. The number of phenols is 1. The third-order valence-corrected chi connectivity index (χ3v) is 11.3. The number of hydrogen-bond acceptors (Lipinski definition) is 10. The first-order chi connectivity index (χ1) is 27.2. The molecule has 6 aromatic rings. The number of rotatable bonds is 13. The number of ether oxygens (including phenoxy) is 2. The number of hydrogen-bond donors (Lipinski definition) is 6. The number of carbonyl (C=O) groups is 2. The lowest BCUT2D eigenvalue weighted by Crippen LogP contribution is -2.39. The normalized spacial score (nSPS) is 14.1. The smallest absolute Gasteiger partial charge is 0.412 e. The second-order valence-electron chi connectivity index (χ2n) is 13.6. The molecule has 1 aliphatic heterocycles. The predicted molar refractivity (Wildman–Crippen MR) is 221 cm³/mol. The summed E-state index contributed by atoms with van der Waals surface area (Å²) in [5, 5.41) is 32.9. The maximum Gasteiger partial charge on any atom is 0.412 e. The number of fused-ring (bicyclic) bond motifs is 2. The number of benzene rings is 4. The number of amides is 2. The van der Waals surface area contributed by atoms with E-state index in [1.807, 2.05) is 48.5 Å². The van der Waals surface area contributed by atoms with E-state index in [1.54, 1.807) is 24.3 Å². The first kappa shape index (κ1) is 38.8. The zero-order valence-electron chi connectivity index (χ0n) is 30.6. The SMILES string of the molecule is COc1cc(NC(=O)CCN2CCC(OC(=O)Nc3sc4ccccc4c3-c3ccccc3)CC2)c(Cl)cc1CNC[C@H](O)c1ccc(O)c2[nH]c(=O)ccc12. The first-order valence-electron chi connectivity index (χ1n) is 18.3. The Bertz CT molecular complexity index is 2410. The van der Waals surface area contributed by atoms with Gasteiger partial charge in [0, 0.05) is 77.9 Å². The van der Waals surface area contributed by atoms with Crippen molar-refractivity contribution < 1.29 is 29.3 Å². The third-order valence-electron chi connectivity index (χ3n) is 9.90. The molecule has 1 saturated heterocycles. The van der Waals surface area contributed by atoms with Gasteiger partial charge in [-0.25, -0.2) is 4.79 Å². The van der Waals surface area contributed by atoms with Crippen molar-refractivity contribution in [3.8, 4) is 22.6 Å². The number of nitrogens with one attached hydrogen (secondary N) is 4. The molecule has 1 fully saturated rings. The summed E-state index contributed by atoms with van der Waals surface area (Å²) in [6.07, 6.45) is -0.0606. The zero-order valence-corrected chi connectivity index (χ0v) is 32.2. The fraction of sp³-hybridized carbons (Fsp3) is 0.262. The third kappa shape index (κ3) is 8.99. The van der Waals surface area contributed by atoms with E-state index in [9.17, 15) is 24.6 Å². The summed E-state index contributed by atoms with van der Waals surface area (Å²) in [6.45, 7) is 2.39. The molecule has 7 rings (SSSR count). The number of nitrogens with zero attached hydrogens (tertiary/aromatic N) is 1. The van der Waals surface area contributed by atoms with Crippen LogP contribution in [-0.4, -0.2) is 71.5 Å². The summed E-state index contributed by atoms with van der Waals surface area (Å²) in [5.74, 6) is 0.235. The fourth-order valence-electron chi connectivity index (χ4n) is 7.04. The number of anilines is 2.